The summed E-state index contributed by atoms with van der Waals surface area (Å²) in [4.78, 5) is 19.1. The van der Waals surface area contributed by atoms with Crippen LogP contribution in [-0.4, -0.2) is 76.5 Å². The van der Waals surface area contributed by atoms with E-state index in [9.17, 15) is 18.0 Å². The molecule has 1 amide bonds. The number of nitriles is 1. The minimum absolute atomic E-state index is 0.0624. The Hall–Kier alpha value is -4.57. The van der Waals surface area contributed by atoms with Gasteiger partial charge in [-0.25, -0.2) is 4.98 Å². The van der Waals surface area contributed by atoms with Crippen LogP contribution in [0.5, 0.6) is 11.5 Å². The summed E-state index contributed by atoms with van der Waals surface area (Å²) in [7, 11) is 2.65. The van der Waals surface area contributed by atoms with Crippen LogP contribution >= 0.6 is 0 Å². The Morgan fingerprint density at radius 1 is 1.13 bits per heavy atom. The lowest BCUT2D eigenvalue weighted by atomic mass is 10.1. The average Bonchev–Trinajstić information content (AvgIpc) is 3.55. The quantitative estimate of drug-likeness (QED) is 0.341. The van der Waals surface area contributed by atoms with Crippen LogP contribution in [0.3, 0.4) is 0 Å². The zero-order chi connectivity index (χ0) is 27.7. The van der Waals surface area contributed by atoms with Crippen molar-refractivity contribution in [3.63, 3.8) is 0 Å². The predicted molar refractivity (Wildman–Crippen MR) is 134 cm³/mol. The van der Waals surface area contributed by atoms with E-state index in [2.05, 4.69) is 21.1 Å². The number of rotatable bonds is 8. The van der Waals surface area contributed by atoms with E-state index in [4.69, 9.17) is 14.7 Å². The third-order valence-electron chi connectivity index (χ3n) is 6.53. The normalized spacial score (nSPS) is 14.2. The average molecular weight is 540 g/mol. The Balaban J connectivity index is 1.42. The molecule has 0 unspecified atom stereocenters. The van der Waals surface area contributed by atoms with E-state index in [-0.39, 0.29) is 23.1 Å². The number of methoxy groups -OCH3 is 2. The fourth-order valence-electron chi connectivity index (χ4n) is 4.55. The number of amides is 1. The number of carbonyl (C=O) groups is 1. The van der Waals surface area contributed by atoms with Gasteiger partial charge in [-0.15, -0.1) is 0 Å². The number of hydrogen-bond acceptors (Lipinski definition) is 7. The SMILES string of the molecule is COc1cc(-c2cnc3cc(-c4cnn(C5CN(CC#N)C5)c4)ccn23)cc(OC)c1C(=O)NCC(F)(F)F. The summed E-state index contributed by atoms with van der Waals surface area (Å²) < 4.78 is 52.3. The van der Waals surface area contributed by atoms with Crippen molar-refractivity contribution in [1.29, 1.82) is 5.26 Å². The van der Waals surface area contributed by atoms with Gasteiger partial charge in [-0.2, -0.15) is 23.5 Å². The van der Waals surface area contributed by atoms with Crippen LogP contribution in [0.2, 0.25) is 0 Å². The monoisotopic (exact) mass is 539 g/mol. The summed E-state index contributed by atoms with van der Waals surface area (Å²) in [5.74, 6) is -0.838. The van der Waals surface area contributed by atoms with Crippen molar-refractivity contribution in [2.75, 3.05) is 40.4 Å². The molecule has 202 valence electrons. The zero-order valence-electron chi connectivity index (χ0n) is 21.1. The van der Waals surface area contributed by atoms with Gasteiger partial charge in [0.2, 0.25) is 0 Å². The van der Waals surface area contributed by atoms with Crippen LogP contribution < -0.4 is 14.8 Å². The van der Waals surface area contributed by atoms with Crippen molar-refractivity contribution in [2.45, 2.75) is 12.2 Å². The number of benzene rings is 1. The second kappa shape index (κ2) is 10.3. The third-order valence-corrected chi connectivity index (χ3v) is 6.53. The molecule has 10 nitrogen and oxygen atoms in total. The molecule has 1 N–H and O–H groups in total. The fraction of sp³-hybridized carbons (Fsp3) is 0.308. The first-order valence-electron chi connectivity index (χ1n) is 11.9. The summed E-state index contributed by atoms with van der Waals surface area (Å²) in [5.41, 5.74) is 3.63. The summed E-state index contributed by atoms with van der Waals surface area (Å²) in [5, 5.41) is 15.2. The molecule has 39 heavy (non-hydrogen) atoms. The van der Waals surface area contributed by atoms with Crippen LogP contribution in [0.15, 0.2) is 49.1 Å². The fourth-order valence-corrected chi connectivity index (χ4v) is 4.55. The number of imidazole rings is 1. The maximum Gasteiger partial charge on any atom is 0.405 e. The maximum absolute atomic E-state index is 12.6. The molecule has 1 aromatic carbocycles. The van der Waals surface area contributed by atoms with Crippen molar-refractivity contribution in [3.05, 3.63) is 54.6 Å². The second-order valence-corrected chi connectivity index (χ2v) is 9.06. The topological polar surface area (TPSA) is 110 Å². The molecule has 5 rings (SSSR count). The molecule has 4 heterocycles. The van der Waals surface area contributed by atoms with Crippen LogP contribution in [0.25, 0.3) is 28.0 Å². The molecule has 3 aromatic heterocycles. The first-order valence-corrected chi connectivity index (χ1v) is 11.9. The summed E-state index contributed by atoms with van der Waals surface area (Å²) in [6, 6.07) is 9.34. The Kier molecular flexibility index (Phi) is 6.88. The number of nitrogens with one attached hydrogen (secondary N) is 1. The molecule has 13 heteroatoms. The number of halogens is 3. The first-order chi connectivity index (χ1) is 18.7. The number of pyridine rings is 1. The van der Waals surface area contributed by atoms with E-state index in [0.717, 1.165) is 24.2 Å². The molecule has 0 atom stereocenters. The molecule has 0 bridgehead atoms. The number of carbonyl (C=O) groups excluding carboxylic acids is 1. The first kappa shape index (κ1) is 26.1. The minimum Gasteiger partial charge on any atom is -0.496 e. The lowest BCUT2D eigenvalue weighted by Crippen LogP contribution is -2.47. The van der Waals surface area contributed by atoms with E-state index in [1.54, 1.807) is 24.5 Å². The second-order valence-electron chi connectivity index (χ2n) is 9.06. The number of aromatic nitrogens is 4. The molecule has 0 saturated carbocycles. The van der Waals surface area contributed by atoms with Crippen molar-refractivity contribution in [2.24, 2.45) is 0 Å². The predicted octanol–water partition coefficient (Wildman–Crippen LogP) is 3.55. The van der Waals surface area contributed by atoms with Gasteiger partial charge in [0.05, 0.1) is 51.0 Å². The maximum atomic E-state index is 12.6. The third kappa shape index (κ3) is 5.23. The number of likely N-dealkylation sites (tertiary alicyclic amines) is 1. The Labute approximate surface area is 221 Å². The van der Waals surface area contributed by atoms with Gasteiger partial charge in [0, 0.05) is 36.6 Å². The number of fused-ring (bicyclic) bond motifs is 1. The highest BCUT2D eigenvalue weighted by molar-refractivity contribution is 6.00. The summed E-state index contributed by atoms with van der Waals surface area (Å²) in [6.45, 7) is 0.504. The number of alkyl halides is 3. The van der Waals surface area contributed by atoms with Gasteiger partial charge < -0.3 is 14.8 Å². The van der Waals surface area contributed by atoms with Gasteiger partial charge in [0.25, 0.3) is 5.91 Å². The molecule has 0 spiro atoms. The van der Waals surface area contributed by atoms with Crippen molar-refractivity contribution in [3.8, 4) is 40.0 Å². The lowest BCUT2D eigenvalue weighted by molar-refractivity contribution is -0.123. The highest BCUT2D eigenvalue weighted by Gasteiger charge is 2.30. The van der Waals surface area contributed by atoms with E-state index >= 15 is 0 Å². The number of nitrogens with zero attached hydrogens (tertiary/aromatic N) is 6. The van der Waals surface area contributed by atoms with E-state index in [0.29, 0.717) is 23.4 Å². The van der Waals surface area contributed by atoms with Crippen molar-refractivity contribution < 1.29 is 27.4 Å². The van der Waals surface area contributed by atoms with E-state index in [1.807, 2.05) is 38.9 Å². The Morgan fingerprint density at radius 2 is 1.85 bits per heavy atom. The van der Waals surface area contributed by atoms with Crippen LogP contribution in [0, 0.1) is 11.3 Å². The smallest absolute Gasteiger partial charge is 0.405 e. The number of ether oxygens (including phenoxy) is 2. The van der Waals surface area contributed by atoms with Crippen molar-refractivity contribution in [1.82, 2.24) is 29.4 Å². The summed E-state index contributed by atoms with van der Waals surface area (Å²) in [6.07, 6.45) is 2.72. The van der Waals surface area contributed by atoms with Gasteiger partial charge in [0.15, 0.2) is 0 Å². The van der Waals surface area contributed by atoms with Crippen LogP contribution in [0.1, 0.15) is 16.4 Å². The largest absolute Gasteiger partial charge is 0.496 e. The minimum atomic E-state index is -4.56. The van der Waals surface area contributed by atoms with Crippen LogP contribution in [0.4, 0.5) is 13.2 Å². The van der Waals surface area contributed by atoms with Gasteiger partial charge in [-0.05, 0) is 29.8 Å². The molecule has 1 aliphatic heterocycles. The van der Waals surface area contributed by atoms with Gasteiger partial charge in [-0.3, -0.25) is 18.8 Å². The van der Waals surface area contributed by atoms with Crippen LogP contribution in [-0.2, 0) is 0 Å². The molecule has 0 radical (unpaired) electrons. The van der Waals surface area contributed by atoms with E-state index < -0.39 is 18.6 Å². The van der Waals surface area contributed by atoms with Gasteiger partial charge in [0.1, 0.15) is 29.3 Å². The Bertz CT molecular complexity index is 1540. The van der Waals surface area contributed by atoms with E-state index in [1.165, 1.54) is 14.2 Å². The Morgan fingerprint density at radius 3 is 2.49 bits per heavy atom. The molecule has 1 aliphatic rings. The molecular weight excluding hydrogens is 515 g/mol. The summed E-state index contributed by atoms with van der Waals surface area (Å²) >= 11 is 0. The zero-order valence-corrected chi connectivity index (χ0v) is 21.1. The molecule has 1 fully saturated rings. The molecular formula is C26H24F3N7O3. The molecule has 0 aliphatic carbocycles. The van der Waals surface area contributed by atoms with Crippen molar-refractivity contribution >= 4 is 11.6 Å². The molecule has 4 aromatic rings. The lowest BCUT2D eigenvalue weighted by Gasteiger charge is -2.37. The van der Waals surface area contributed by atoms with Gasteiger partial charge >= 0.3 is 6.18 Å². The standard InChI is InChI=1S/C26H24F3N7O3/c1-38-21-7-17(8-22(39-2)24(21)25(37)32-15-26(27,28)29)20-11-31-23-9-16(3-5-35(20)23)18-10-33-36(12-18)19-13-34(14-19)6-4-30/h3,5,7-12,19H,6,13-15H2,1-2H3,(H,32,37). The molecule has 1 saturated heterocycles. The van der Waals surface area contributed by atoms with Gasteiger partial charge in [-0.1, -0.05) is 0 Å². The highest BCUT2D eigenvalue weighted by Crippen LogP contribution is 2.36. The highest BCUT2D eigenvalue weighted by atomic mass is 19.4. The number of hydrogen-bond donors (Lipinski definition) is 1.